The topological polar surface area (TPSA) is 54.0 Å². The molecule has 1 aliphatic rings. The summed E-state index contributed by atoms with van der Waals surface area (Å²) in [4.78, 5) is 17.6. The lowest BCUT2D eigenvalue weighted by molar-refractivity contribution is -0.116. The number of fused-ring (bicyclic) bond motifs is 1. The average Bonchev–Trinajstić information content (AvgIpc) is 3.26. The molecule has 3 aromatic rings. The third-order valence-electron chi connectivity index (χ3n) is 4.12. The number of carbonyl (C=O) groups is 1. The molecule has 0 fully saturated rings. The standard InChI is InChI=1S/C18H17N3OS2/c22-17-7-13(15-3-1-2-4-16(15)21-17)8-19-9-14-10-20-18(24-14)12-5-6-23-11-12/h1-6,10-11,13,19H,7-9H2,(H,21,22). The van der Waals surface area contributed by atoms with Crippen molar-refractivity contribution in [2.24, 2.45) is 0 Å². The molecule has 0 aliphatic carbocycles. The van der Waals surface area contributed by atoms with Crippen molar-refractivity contribution in [3.63, 3.8) is 0 Å². The number of para-hydroxylation sites is 1. The molecule has 6 heteroatoms. The lowest BCUT2D eigenvalue weighted by Gasteiger charge is -2.25. The van der Waals surface area contributed by atoms with E-state index in [2.05, 4.69) is 38.5 Å². The summed E-state index contributed by atoms with van der Waals surface area (Å²) in [6.45, 7) is 1.57. The lowest BCUT2D eigenvalue weighted by Crippen LogP contribution is -2.29. The summed E-state index contributed by atoms with van der Waals surface area (Å²) in [7, 11) is 0. The van der Waals surface area contributed by atoms with Gasteiger partial charge in [-0.2, -0.15) is 11.3 Å². The summed E-state index contributed by atoms with van der Waals surface area (Å²) < 4.78 is 0. The van der Waals surface area contributed by atoms with E-state index in [-0.39, 0.29) is 11.8 Å². The van der Waals surface area contributed by atoms with Gasteiger partial charge >= 0.3 is 0 Å². The molecule has 0 bridgehead atoms. The highest BCUT2D eigenvalue weighted by molar-refractivity contribution is 7.15. The summed E-state index contributed by atoms with van der Waals surface area (Å²) in [6.07, 6.45) is 2.47. The van der Waals surface area contributed by atoms with E-state index in [9.17, 15) is 4.79 Å². The fourth-order valence-electron chi connectivity index (χ4n) is 2.96. The lowest BCUT2D eigenvalue weighted by atomic mass is 9.90. The maximum absolute atomic E-state index is 11.9. The molecule has 3 heterocycles. The van der Waals surface area contributed by atoms with Gasteiger partial charge in [0.1, 0.15) is 5.01 Å². The first-order valence-electron chi connectivity index (χ1n) is 7.86. The SMILES string of the molecule is O=C1CC(CNCc2cnc(-c3ccsc3)s2)c2ccccc2N1. The van der Waals surface area contributed by atoms with Gasteiger partial charge in [-0.05, 0) is 23.1 Å². The van der Waals surface area contributed by atoms with Crippen LogP contribution in [0.4, 0.5) is 5.69 Å². The molecule has 2 N–H and O–H groups in total. The second-order valence-electron chi connectivity index (χ2n) is 5.81. The molecule has 2 aromatic heterocycles. The summed E-state index contributed by atoms with van der Waals surface area (Å²) in [6, 6.07) is 10.1. The quantitative estimate of drug-likeness (QED) is 0.725. The molecule has 1 aliphatic heterocycles. The Bertz CT molecular complexity index is 842. The molecule has 1 atom stereocenters. The van der Waals surface area contributed by atoms with Gasteiger partial charge in [-0.1, -0.05) is 18.2 Å². The minimum absolute atomic E-state index is 0.0954. The van der Waals surface area contributed by atoms with Gasteiger partial charge in [0.25, 0.3) is 0 Å². The van der Waals surface area contributed by atoms with Crippen LogP contribution in [-0.2, 0) is 11.3 Å². The van der Waals surface area contributed by atoms with Gasteiger partial charge in [-0.15, -0.1) is 11.3 Å². The van der Waals surface area contributed by atoms with Crippen molar-refractivity contribution in [2.75, 3.05) is 11.9 Å². The molecule has 0 radical (unpaired) electrons. The Hall–Kier alpha value is -2.02. The van der Waals surface area contributed by atoms with Crippen molar-refractivity contribution < 1.29 is 4.79 Å². The van der Waals surface area contributed by atoms with Crippen LogP contribution in [-0.4, -0.2) is 17.4 Å². The maximum Gasteiger partial charge on any atom is 0.225 e. The predicted octanol–water partition coefficient (Wildman–Crippen LogP) is 4.09. The van der Waals surface area contributed by atoms with E-state index >= 15 is 0 Å². The summed E-state index contributed by atoms with van der Waals surface area (Å²) in [5.74, 6) is 0.317. The van der Waals surface area contributed by atoms with Crippen molar-refractivity contribution in [2.45, 2.75) is 18.9 Å². The van der Waals surface area contributed by atoms with Crippen LogP contribution in [0.25, 0.3) is 10.6 Å². The number of thiazole rings is 1. The molecule has 122 valence electrons. The van der Waals surface area contributed by atoms with Crippen molar-refractivity contribution in [1.82, 2.24) is 10.3 Å². The van der Waals surface area contributed by atoms with Gasteiger partial charge in [-0.3, -0.25) is 4.79 Å². The third-order valence-corrected chi connectivity index (χ3v) is 5.85. The summed E-state index contributed by atoms with van der Waals surface area (Å²) in [5.41, 5.74) is 3.35. The van der Waals surface area contributed by atoms with Crippen LogP contribution in [0.2, 0.25) is 0 Å². The van der Waals surface area contributed by atoms with Gasteiger partial charge in [0.15, 0.2) is 0 Å². The first-order chi connectivity index (χ1) is 11.8. The molecule has 0 saturated heterocycles. The number of aromatic nitrogens is 1. The van der Waals surface area contributed by atoms with Gasteiger partial charge < -0.3 is 10.6 Å². The number of benzene rings is 1. The second-order valence-corrected chi connectivity index (χ2v) is 7.71. The number of thiophene rings is 1. The maximum atomic E-state index is 11.9. The second kappa shape index (κ2) is 6.84. The highest BCUT2D eigenvalue weighted by atomic mass is 32.1. The molecule has 4 nitrogen and oxygen atoms in total. The Morgan fingerprint density at radius 2 is 2.21 bits per heavy atom. The van der Waals surface area contributed by atoms with E-state index in [1.54, 1.807) is 22.7 Å². The Labute approximate surface area is 148 Å². The van der Waals surface area contributed by atoms with Crippen LogP contribution in [0, 0.1) is 0 Å². The molecule has 1 unspecified atom stereocenters. The zero-order valence-corrected chi connectivity index (χ0v) is 14.6. The largest absolute Gasteiger partial charge is 0.326 e. The molecule has 4 rings (SSSR count). The molecule has 0 saturated carbocycles. The fraction of sp³-hybridized carbons (Fsp3) is 0.222. The highest BCUT2D eigenvalue weighted by Crippen LogP contribution is 2.31. The monoisotopic (exact) mass is 355 g/mol. The Balaban J connectivity index is 1.39. The first-order valence-corrected chi connectivity index (χ1v) is 9.62. The summed E-state index contributed by atoms with van der Waals surface area (Å²) >= 11 is 3.40. The Morgan fingerprint density at radius 3 is 3.08 bits per heavy atom. The molecule has 1 amide bonds. The van der Waals surface area contributed by atoms with E-state index in [4.69, 9.17) is 0 Å². The first kappa shape index (κ1) is 15.5. The minimum Gasteiger partial charge on any atom is -0.326 e. The predicted molar refractivity (Wildman–Crippen MR) is 99.6 cm³/mol. The van der Waals surface area contributed by atoms with Gasteiger partial charge in [-0.25, -0.2) is 4.98 Å². The number of hydrogen-bond acceptors (Lipinski definition) is 5. The Kier molecular flexibility index (Phi) is 4.42. The van der Waals surface area contributed by atoms with Crippen LogP contribution >= 0.6 is 22.7 Å². The fourth-order valence-corrected chi connectivity index (χ4v) is 4.56. The van der Waals surface area contributed by atoms with Crippen molar-refractivity contribution in [3.8, 4) is 10.6 Å². The Morgan fingerprint density at radius 1 is 1.29 bits per heavy atom. The molecule has 0 spiro atoms. The number of carbonyl (C=O) groups excluding carboxylic acids is 1. The number of amides is 1. The van der Waals surface area contributed by atoms with Gasteiger partial charge in [0.2, 0.25) is 5.91 Å². The third kappa shape index (κ3) is 3.26. The average molecular weight is 355 g/mol. The van der Waals surface area contributed by atoms with Crippen LogP contribution < -0.4 is 10.6 Å². The molecule has 1 aromatic carbocycles. The van der Waals surface area contributed by atoms with Crippen LogP contribution in [0.15, 0.2) is 47.3 Å². The normalized spacial score (nSPS) is 16.7. The van der Waals surface area contributed by atoms with Crippen LogP contribution in [0.3, 0.4) is 0 Å². The van der Waals surface area contributed by atoms with Gasteiger partial charge in [0, 0.05) is 53.1 Å². The molecular formula is C18H17N3OS2. The van der Waals surface area contributed by atoms with Crippen LogP contribution in [0.5, 0.6) is 0 Å². The number of hydrogen-bond donors (Lipinski definition) is 2. The van der Waals surface area contributed by atoms with E-state index in [0.29, 0.717) is 6.42 Å². The van der Waals surface area contributed by atoms with Crippen molar-refractivity contribution >= 4 is 34.3 Å². The number of anilines is 1. The van der Waals surface area contributed by atoms with Crippen LogP contribution in [0.1, 0.15) is 22.8 Å². The number of nitrogens with zero attached hydrogens (tertiary/aromatic N) is 1. The molecule has 24 heavy (non-hydrogen) atoms. The zero-order valence-electron chi connectivity index (χ0n) is 13.0. The number of nitrogens with one attached hydrogen (secondary N) is 2. The highest BCUT2D eigenvalue weighted by Gasteiger charge is 2.24. The smallest absolute Gasteiger partial charge is 0.225 e. The summed E-state index contributed by atoms with van der Waals surface area (Å²) in [5, 5.41) is 11.7. The molecular weight excluding hydrogens is 338 g/mol. The minimum atomic E-state index is 0.0954. The zero-order chi connectivity index (χ0) is 16.4. The van der Waals surface area contributed by atoms with Crippen molar-refractivity contribution in [3.05, 3.63) is 57.7 Å². The van der Waals surface area contributed by atoms with E-state index in [1.807, 2.05) is 24.4 Å². The van der Waals surface area contributed by atoms with E-state index < -0.39 is 0 Å². The van der Waals surface area contributed by atoms with E-state index in [1.165, 1.54) is 16.0 Å². The number of rotatable bonds is 5. The van der Waals surface area contributed by atoms with E-state index in [0.717, 1.165) is 23.8 Å². The van der Waals surface area contributed by atoms with Crippen molar-refractivity contribution in [1.29, 1.82) is 0 Å². The van der Waals surface area contributed by atoms with Gasteiger partial charge in [0.05, 0.1) is 0 Å².